The van der Waals surface area contributed by atoms with Gasteiger partial charge in [0, 0.05) is 0 Å². The van der Waals surface area contributed by atoms with E-state index in [4.69, 9.17) is 0 Å². The molecule has 0 unspecified atom stereocenters. The average molecular weight is 432 g/mol. The van der Waals surface area contributed by atoms with Gasteiger partial charge in [0.15, 0.2) is 6.42 Å². The summed E-state index contributed by atoms with van der Waals surface area (Å²) in [4.78, 5) is 19.8. The Kier molecular flexibility index (Phi) is 5.91. The minimum atomic E-state index is 0. The molecule has 0 amide bonds. The molecule has 2 N–H and O–H groups in total. The molecule has 2 nitrogen and oxygen atoms in total. The summed E-state index contributed by atoms with van der Waals surface area (Å²) in [6, 6.07) is 18.4. The number of carbonyl (C=O) groups excluding carboxylic acids is 2. The summed E-state index contributed by atoms with van der Waals surface area (Å²) < 4.78 is 0. The van der Waals surface area contributed by atoms with Gasteiger partial charge in [-0.3, -0.25) is 9.59 Å². The Labute approximate surface area is 126 Å². The Balaban J connectivity index is 0.00000162. The predicted molar refractivity (Wildman–Crippen MR) is 76.7 cm³/mol. The molecule has 0 aliphatic rings. The first-order valence-corrected chi connectivity index (χ1v) is 5.48. The number of hydrogen-bond acceptors (Lipinski definition) is 0. The minimum absolute atomic E-state index is 0. The molecule has 1 radical (unpaired) electrons. The van der Waals surface area contributed by atoms with Crippen molar-refractivity contribution in [3.63, 3.8) is 0 Å². The second-order valence-electron chi connectivity index (χ2n) is 3.80. The third kappa shape index (κ3) is 3.87. The molecular weight excluding hydrogens is 417 g/mol. The van der Waals surface area contributed by atoms with E-state index in [-0.39, 0.29) is 45.3 Å². The summed E-state index contributed by atoms with van der Waals surface area (Å²) in [6.45, 7) is 0. The maximum atomic E-state index is 9.89. The summed E-state index contributed by atoms with van der Waals surface area (Å²) in [7, 11) is 0. The van der Waals surface area contributed by atoms with Crippen molar-refractivity contribution in [1.82, 2.24) is 0 Å². The van der Waals surface area contributed by atoms with Crippen LogP contribution in [0, 0.1) is 0 Å². The molecule has 0 aliphatic heterocycles. The van der Waals surface area contributed by atoms with Crippen molar-refractivity contribution >= 4 is 38.9 Å². The fourth-order valence-electron chi connectivity index (χ4n) is 1.62. The van der Waals surface area contributed by atoms with Crippen molar-refractivity contribution in [2.24, 2.45) is 0 Å². The van der Waals surface area contributed by atoms with Crippen LogP contribution in [0.5, 0.6) is 0 Å². The molecule has 0 aliphatic carbocycles. The van der Waals surface area contributed by atoms with Gasteiger partial charge in [0.2, 0.25) is 0 Å². The van der Waals surface area contributed by atoms with E-state index in [0.717, 1.165) is 11.1 Å². The molecule has 0 saturated carbocycles. The molecule has 3 heteroatoms. The zero-order valence-corrected chi connectivity index (χ0v) is 15.6. The van der Waals surface area contributed by atoms with E-state index in [2.05, 4.69) is 0 Å². The van der Waals surface area contributed by atoms with Crippen LogP contribution in [0.3, 0.4) is 0 Å². The van der Waals surface area contributed by atoms with Crippen LogP contribution < -0.4 is 0 Å². The zero-order valence-electron chi connectivity index (χ0n) is 10.1. The van der Waals surface area contributed by atoms with Crippen LogP contribution in [0.1, 0.15) is 17.5 Å². The summed E-state index contributed by atoms with van der Waals surface area (Å²) in [5.41, 5.74) is 1.46. The van der Waals surface area contributed by atoms with Gasteiger partial charge in [-0.15, -0.1) is 0 Å². The van der Waals surface area contributed by atoms with E-state index in [1.807, 2.05) is 60.7 Å². The second-order valence-corrected chi connectivity index (χ2v) is 3.80. The maximum absolute atomic E-state index is 9.89. The molecule has 0 bridgehead atoms. The van der Waals surface area contributed by atoms with Gasteiger partial charge in [-0.2, -0.15) is 0 Å². The van der Waals surface area contributed by atoms with E-state index in [9.17, 15) is 9.59 Å². The number of rotatable bonds is 4. The van der Waals surface area contributed by atoms with Crippen molar-refractivity contribution in [3.8, 4) is 0 Å². The molecule has 0 heterocycles. The molecule has 2 aromatic carbocycles. The van der Waals surface area contributed by atoms with Gasteiger partial charge in [-0.1, -0.05) is 36.4 Å². The van der Waals surface area contributed by atoms with E-state index in [0.29, 0.717) is 0 Å². The fourth-order valence-corrected chi connectivity index (χ4v) is 1.62. The van der Waals surface area contributed by atoms with Gasteiger partial charge in [0.25, 0.3) is 0 Å². The van der Waals surface area contributed by atoms with Crippen molar-refractivity contribution in [1.29, 1.82) is 0 Å². The molecule has 0 spiro atoms. The Bertz CT molecular complexity index is 471. The summed E-state index contributed by atoms with van der Waals surface area (Å²) >= 11 is 0. The average Bonchev–Trinajstić information content (AvgIpc) is 2.40. The molecule has 18 heavy (non-hydrogen) atoms. The first kappa shape index (κ1) is 14.8. The number of hydrogen-bond donors (Lipinski definition) is 0. The van der Waals surface area contributed by atoms with Crippen molar-refractivity contribution in [2.75, 3.05) is 0 Å². The Morgan fingerprint density at radius 2 is 1.00 bits per heavy atom. The van der Waals surface area contributed by atoms with Crippen LogP contribution >= 0.6 is 0 Å². The van der Waals surface area contributed by atoms with Crippen LogP contribution in [0.2, 0.25) is 0 Å². The molecule has 2 rings (SSSR count). The number of benzene rings is 2. The van der Waals surface area contributed by atoms with E-state index >= 15 is 0 Å². The van der Waals surface area contributed by atoms with Gasteiger partial charge < -0.3 is 0 Å². The zero-order chi connectivity index (χ0) is 12.1. The van der Waals surface area contributed by atoms with Crippen LogP contribution in [-0.2, 0) is 0 Å². The number of ketones is 2. The summed E-state index contributed by atoms with van der Waals surface area (Å²) in [6.07, 6.45) is 0.147. The molecule has 0 aromatic heterocycles. The van der Waals surface area contributed by atoms with Gasteiger partial charge in [0.05, 0.1) is 11.1 Å². The van der Waals surface area contributed by atoms with Crippen LogP contribution in [-0.4, -0.2) is 48.5 Å². The molecule has 0 fully saturated rings. The SMILES string of the molecule is [OH+]=C(CC(=[OH+])c1ccccc1)c1ccccc1.[TlH]. The molecular formula is C15H15O2Tl+2. The Morgan fingerprint density at radius 1 is 0.667 bits per heavy atom. The third-order valence-electron chi connectivity index (χ3n) is 2.55. The van der Waals surface area contributed by atoms with Crippen LogP contribution in [0.15, 0.2) is 60.7 Å². The van der Waals surface area contributed by atoms with E-state index in [1.165, 1.54) is 0 Å². The van der Waals surface area contributed by atoms with Crippen LogP contribution in [0.25, 0.3) is 0 Å². The Morgan fingerprint density at radius 3 is 1.33 bits per heavy atom. The second kappa shape index (κ2) is 7.21. The summed E-state index contributed by atoms with van der Waals surface area (Å²) in [5, 5.41) is 0. The van der Waals surface area contributed by atoms with Gasteiger partial charge in [0.1, 0.15) is 0 Å². The topological polar surface area (TPSA) is 42.8 Å². The summed E-state index contributed by atoms with van der Waals surface area (Å²) in [5.74, 6) is 0.346. The quantitative estimate of drug-likeness (QED) is 0.307. The van der Waals surface area contributed by atoms with Crippen LogP contribution in [0.4, 0.5) is 0 Å². The first-order valence-electron chi connectivity index (χ1n) is 5.48. The van der Waals surface area contributed by atoms with Crippen molar-refractivity contribution in [2.45, 2.75) is 6.42 Å². The van der Waals surface area contributed by atoms with Crippen molar-refractivity contribution in [3.05, 3.63) is 71.8 Å². The normalized spacial score (nSPS) is 9.33. The van der Waals surface area contributed by atoms with E-state index in [1.54, 1.807) is 0 Å². The fraction of sp³-hybridized carbons (Fsp3) is 0.0667. The molecule has 2 aromatic rings. The molecule has 88 valence electrons. The third-order valence-corrected chi connectivity index (χ3v) is 2.55. The molecule has 0 atom stereocenters. The van der Waals surface area contributed by atoms with Gasteiger partial charge >= 0.3 is 38.9 Å². The predicted octanol–water partition coefficient (Wildman–Crippen LogP) is 1.91. The van der Waals surface area contributed by atoms with E-state index < -0.39 is 0 Å². The first-order chi connectivity index (χ1) is 8.27. The monoisotopic (exact) mass is 432 g/mol. The van der Waals surface area contributed by atoms with Gasteiger partial charge in [-0.25, -0.2) is 0 Å². The van der Waals surface area contributed by atoms with Gasteiger partial charge in [-0.05, 0) is 24.3 Å². The molecule has 0 saturated heterocycles. The Hall–Kier alpha value is -1.30. The standard InChI is InChI=1S/C15H12O2.Tl.H/c16-14(12-7-3-1-4-8-12)11-15(17)13-9-5-2-6-10-13;;/h1-10H,11H2;;/p+2. The van der Waals surface area contributed by atoms with Crippen molar-refractivity contribution < 1.29 is 9.59 Å².